The summed E-state index contributed by atoms with van der Waals surface area (Å²) in [5.74, 6) is 0.886. The molecule has 214 valence electrons. The second-order valence-electron chi connectivity index (χ2n) is 9.73. The van der Waals surface area contributed by atoms with Crippen LogP contribution >= 0.6 is 11.3 Å². The van der Waals surface area contributed by atoms with Crippen LogP contribution in [0, 0.1) is 0 Å². The summed E-state index contributed by atoms with van der Waals surface area (Å²) >= 11 is 1.59. The molecule has 4 N–H and O–H groups in total. The number of thiophene rings is 1. The molecule has 3 aromatic heterocycles. The number of aromatic nitrogens is 4. The van der Waals surface area contributed by atoms with E-state index in [9.17, 15) is 9.59 Å². The van der Waals surface area contributed by atoms with Crippen LogP contribution in [0.1, 0.15) is 25.6 Å². The van der Waals surface area contributed by atoms with Crippen LogP contribution in [0.25, 0.3) is 27.3 Å². The Morgan fingerprint density at radius 2 is 2.10 bits per heavy atom. The number of ether oxygens (including phenoxy) is 2. The van der Waals surface area contributed by atoms with Gasteiger partial charge in [0.2, 0.25) is 11.8 Å². The van der Waals surface area contributed by atoms with Gasteiger partial charge in [-0.15, -0.1) is 11.3 Å². The zero-order chi connectivity index (χ0) is 29.3. The highest BCUT2D eigenvalue weighted by Crippen LogP contribution is 2.31. The maximum absolute atomic E-state index is 12.4. The number of hydrogen-bond donors (Lipinski definition) is 3. The van der Waals surface area contributed by atoms with E-state index in [2.05, 4.69) is 36.3 Å². The van der Waals surface area contributed by atoms with Crippen molar-refractivity contribution >= 4 is 68.1 Å². The normalized spacial score (nSPS) is 15.8. The fraction of sp³-hybridized carbons (Fsp3) is 0.333. The fourth-order valence-corrected chi connectivity index (χ4v) is 5.16. The van der Waals surface area contributed by atoms with Crippen molar-refractivity contribution in [3.63, 3.8) is 0 Å². The number of alkyl carbamates (subject to hydrolysis) is 1. The zero-order valence-electron chi connectivity index (χ0n) is 23.3. The van der Waals surface area contributed by atoms with Crippen molar-refractivity contribution in [1.29, 1.82) is 0 Å². The van der Waals surface area contributed by atoms with Crippen LogP contribution in [0.2, 0.25) is 0 Å². The first-order valence-electron chi connectivity index (χ1n) is 13.0. The number of amidine groups is 1. The van der Waals surface area contributed by atoms with Crippen LogP contribution in [-0.4, -0.2) is 82.1 Å². The van der Waals surface area contributed by atoms with Gasteiger partial charge in [-0.2, -0.15) is 9.97 Å². The number of likely N-dealkylation sites (N-methyl/N-ethyl adjacent to an activating group) is 2. The van der Waals surface area contributed by atoms with E-state index in [1.165, 1.54) is 6.33 Å². The molecule has 13 nitrogen and oxygen atoms in total. The Morgan fingerprint density at radius 3 is 2.85 bits per heavy atom. The molecular formula is C27H31N9O4S. The minimum Gasteiger partial charge on any atom is -0.471 e. The molecule has 4 heterocycles. The van der Waals surface area contributed by atoms with Crippen LogP contribution in [0.15, 0.2) is 41.3 Å². The number of aliphatic imine (C=N–C) groups is 1. The summed E-state index contributed by atoms with van der Waals surface area (Å²) in [6.45, 7) is 6.11. The van der Waals surface area contributed by atoms with Crippen molar-refractivity contribution in [2.75, 3.05) is 37.9 Å². The Kier molecular flexibility index (Phi) is 7.75. The van der Waals surface area contributed by atoms with Gasteiger partial charge in [0.25, 0.3) is 5.91 Å². The van der Waals surface area contributed by atoms with Gasteiger partial charge in [0.1, 0.15) is 29.8 Å². The number of carbonyl (C=O) groups is 2. The number of hydrogen-bond acceptors (Lipinski definition) is 11. The van der Waals surface area contributed by atoms with Crippen molar-refractivity contribution < 1.29 is 19.1 Å². The van der Waals surface area contributed by atoms with Gasteiger partial charge in [-0.05, 0) is 50.4 Å². The number of carbonyl (C=O) groups excluding carboxylic acids is 2. The van der Waals surface area contributed by atoms with E-state index in [1.54, 1.807) is 30.2 Å². The van der Waals surface area contributed by atoms with E-state index in [0.717, 1.165) is 20.7 Å². The van der Waals surface area contributed by atoms with Crippen molar-refractivity contribution in [2.24, 2.45) is 4.99 Å². The quantitative estimate of drug-likeness (QED) is 0.253. The minimum atomic E-state index is -0.549. The number of fused-ring (bicyclic) bond motifs is 2. The molecule has 0 spiro atoms. The topological polar surface area (TPSA) is 164 Å². The molecule has 0 radical (unpaired) electrons. The lowest BCUT2D eigenvalue weighted by Gasteiger charge is -2.23. The lowest BCUT2D eigenvalue weighted by atomic mass is 10.2. The molecule has 1 aliphatic heterocycles. The number of rotatable bonds is 9. The standard InChI is InChI=1S/C27H31N9O4S/c1-14(15(2)40-24-22-23(30-13-29-22)33-26(28)34-24)31-27(38)39-9-8-35(4)18-7-6-17-10-19(41-21(17)11-18)12-20-25(37)36(5)16(3)32-20/h6-7,10-15H,8-9H2,1-5H3,(H,31,38)(H3,28,29,30,33,34)/b20-12+/t14?,15-/m1/s1. The number of H-pyrrole nitrogens is 1. The molecule has 0 aliphatic carbocycles. The number of nitrogens with one attached hydrogen (secondary N) is 2. The molecule has 0 saturated heterocycles. The SMILES string of the molecule is CC1=N/C(=C/c2cc3ccc(N(C)CCOC(=O)NC(C)[C@@H](C)Oc4nc(N)nc5nc[nH]c45)cc3s2)C(=O)N1C. The van der Waals surface area contributed by atoms with E-state index in [0.29, 0.717) is 29.2 Å². The Labute approximate surface area is 240 Å². The molecule has 4 aromatic rings. The third kappa shape index (κ3) is 6.06. The third-order valence-electron chi connectivity index (χ3n) is 6.81. The summed E-state index contributed by atoms with van der Waals surface area (Å²) in [6, 6.07) is 7.80. The van der Waals surface area contributed by atoms with Crippen molar-refractivity contribution in [2.45, 2.75) is 32.9 Å². The molecule has 1 unspecified atom stereocenters. The highest BCUT2D eigenvalue weighted by molar-refractivity contribution is 7.19. The van der Waals surface area contributed by atoms with Crippen LogP contribution in [0.5, 0.6) is 5.88 Å². The van der Waals surface area contributed by atoms with Gasteiger partial charge in [-0.25, -0.2) is 14.8 Å². The van der Waals surface area contributed by atoms with Crippen LogP contribution in [0.3, 0.4) is 0 Å². The Hall–Kier alpha value is -4.72. The van der Waals surface area contributed by atoms with Gasteiger partial charge in [0.05, 0.1) is 18.9 Å². The first kappa shape index (κ1) is 27.8. The van der Waals surface area contributed by atoms with E-state index in [-0.39, 0.29) is 30.4 Å². The smallest absolute Gasteiger partial charge is 0.407 e. The molecule has 5 rings (SSSR count). The Balaban J connectivity index is 1.12. The Morgan fingerprint density at radius 1 is 1.29 bits per heavy atom. The van der Waals surface area contributed by atoms with Gasteiger partial charge in [0.15, 0.2) is 5.65 Å². The number of aromatic amines is 1. The number of nitrogen functional groups attached to an aromatic ring is 1. The van der Waals surface area contributed by atoms with Gasteiger partial charge < -0.3 is 30.4 Å². The molecule has 0 fully saturated rings. The molecule has 2 atom stereocenters. The number of benzene rings is 1. The van der Waals surface area contributed by atoms with E-state index >= 15 is 0 Å². The maximum atomic E-state index is 12.4. The third-order valence-corrected chi connectivity index (χ3v) is 7.86. The molecule has 0 saturated carbocycles. The van der Waals surface area contributed by atoms with Crippen molar-refractivity contribution in [3.05, 3.63) is 41.2 Å². The highest BCUT2D eigenvalue weighted by Gasteiger charge is 2.24. The van der Waals surface area contributed by atoms with Gasteiger partial charge >= 0.3 is 6.09 Å². The molecule has 2 amide bonds. The van der Waals surface area contributed by atoms with Crippen molar-refractivity contribution in [3.8, 4) is 5.88 Å². The monoisotopic (exact) mass is 577 g/mol. The first-order valence-corrected chi connectivity index (χ1v) is 13.8. The lowest BCUT2D eigenvalue weighted by molar-refractivity contribution is -0.121. The molecule has 1 aliphatic rings. The summed E-state index contributed by atoms with van der Waals surface area (Å²) in [4.78, 5) is 48.8. The molecule has 0 bridgehead atoms. The molecule has 1 aromatic carbocycles. The largest absolute Gasteiger partial charge is 0.471 e. The number of imidazole rings is 1. The number of nitrogens with zero attached hydrogens (tertiary/aromatic N) is 6. The predicted molar refractivity (Wildman–Crippen MR) is 159 cm³/mol. The fourth-order valence-electron chi connectivity index (χ4n) is 4.13. The summed E-state index contributed by atoms with van der Waals surface area (Å²) < 4.78 is 12.4. The molecular weight excluding hydrogens is 546 g/mol. The lowest BCUT2D eigenvalue weighted by Crippen LogP contribution is -2.43. The van der Waals surface area contributed by atoms with Gasteiger partial charge in [-0.3, -0.25) is 9.69 Å². The van der Waals surface area contributed by atoms with E-state index < -0.39 is 12.2 Å². The van der Waals surface area contributed by atoms with Crippen LogP contribution in [-0.2, 0) is 9.53 Å². The minimum absolute atomic E-state index is 0.0466. The summed E-state index contributed by atoms with van der Waals surface area (Å²) in [7, 11) is 3.65. The Bertz CT molecular complexity index is 1680. The highest BCUT2D eigenvalue weighted by atomic mass is 32.1. The zero-order valence-corrected chi connectivity index (χ0v) is 24.2. The average molecular weight is 578 g/mol. The number of nitrogens with two attached hydrogens (primary N) is 1. The van der Waals surface area contributed by atoms with Gasteiger partial charge in [-0.1, -0.05) is 6.07 Å². The number of anilines is 2. The molecule has 14 heteroatoms. The number of amides is 2. The second kappa shape index (κ2) is 11.4. The maximum Gasteiger partial charge on any atom is 0.407 e. The first-order chi connectivity index (χ1) is 19.6. The molecule has 41 heavy (non-hydrogen) atoms. The van der Waals surface area contributed by atoms with Crippen LogP contribution < -0.4 is 20.7 Å². The van der Waals surface area contributed by atoms with E-state index in [4.69, 9.17) is 15.2 Å². The van der Waals surface area contributed by atoms with Crippen LogP contribution in [0.4, 0.5) is 16.4 Å². The summed E-state index contributed by atoms with van der Waals surface area (Å²) in [5, 5.41) is 3.87. The van der Waals surface area contributed by atoms with Gasteiger partial charge in [0, 0.05) is 29.4 Å². The summed E-state index contributed by atoms with van der Waals surface area (Å²) in [6.07, 6.45) is 2.32. The van der Waals surface area contributed by atoms with E-state index in [1.807, 2.05) is 50.1 Å². The van der Waals surface area contributed by atoms with Crippen molar-refractivity contribution in [1.82, 2.24) is 30.2 Å². The summed E-state index contributed by atoms with van der Waals surface area (Å²) in [5.41, 5.74) is 8.09. The second-order valence-corrected chi connectivity index (χ2v) is 10.8. The predicted octanol–water partition coefficient (Wildman–Crippen LogP) is 3.40. The average Bonchev–Trinajstić information content (AvgIpc) is 3.62.